The molecular formula is C20H24N6O4. The van der Waals surface area contributed by atoms with Crippen molar-refractivity contribution in [1.29, 1.82) is 0 Å². The van der Waals surface area contributed by atoms with Crippen molar-refractivity contribution in [3.8, 4) is 11.6 Å². The van der Waals surface area contributed by atoms with E-state index in [1.165, 1.54) is 0 Å². The molecule has 30 heavy (non-hydrogen) atoms. The van der Waals surface area contributed by atoms with E-state index in [9.17, 15) is 4.79 Å². The van der Waals surface area contributed by atoms with E-state index in [2.05, 4.69) is 20.4 Å². The summed E-state index contributed by atoms with van der Waals surface area (Å²) in [4.78, 5) is 19.3. The Morgan fingerprint density at radius 2 is 1.93 bits per heavy atom. The number of rotatable bonds is 4. The van der Waals surface area contributed by atoms with Crippen molar-refractivity contribution in [2.24, 2.45) is 7.05 Å². The smallest absolute Gasteiger partial charge is 0.278 e. The molecule has 2 aliphatic rings. The average molecular weight is 412 g/mol. The fourth-order valence-corrected chi connectivity index (χ4v) is 4.21. The van der Waals surface area contributed by atoms with Crippen LogP contribution in [-0.2, 0) is 36.1 Å². The Hall–Kier alpha value is -3.01. The number of fused-ring (bicyclic) bond motifs is 1. The lowest BCUT2D eigenvalue weighted by molar-refractivity contribution is -0.131. The molecule has 0 saturated carbocycles. The molecule has 1 fully saturated rings. The SMILES string of the molecule is Cc1noc(C)c1CC(=O)N1Cc2c(-c3nc(C4CCOCC4)no3)nn(C)c2C1. The van der Waals surface area contributed by atoms with Crippen LogP contribution in [0.3, 0.4) is 0 Å². The number of hydrogen-bond donors (Lipinski definition) is 0. The van der Waals surface area contributed by atoms with Gasteiger partial charge in [-0.15, -0.1) is 0 Å². The zero-order valence-electron chi connectivity index (χ0n) is 17.3. The first-order valence-corrected chi connectivity index (χ1v) is 10.2. The molecule has 5 heterocycles. The molecule has 3 aromatic heterocycles. The second kappa shape index (κ2) is 7.35. The molecule has 10 heteroatoms. The van der Waals surface area contributed by atoms with Crippen molar-refractivity contribution in [2.75, 3.05) is 13.2 Å². The van der Waals surface area contributed by atoms with Crippen molar-refractivity contribution >= 4 is 5.91 Å². The van der Waals surface area contributed by atoms with Gasteiger partial charge in [-0.1, -0.05) is 10.3 Å². The van der Waals surface area contributed by atoms with Crippen LogP contribution in [0.4, 0.5) is 0 Å². The molecule has 1 saturated heterocycles. The monoisotopic (exact) mass is 412 g/mol. The Kier molecular flexibility index (Phi) is 4.65. The standard InChI is InChI=1S/C20H24N6O4/c1-11-14(12(2)29-23-11)8-17(27)26-9-15-16(10-26)25(3)22-18(15)20-21-19(24-30-20)13-4-6-28-7-5-13/h13H,4-10H2,1-3H3. The number of amides is 1. The third kappa shape index (κ3) is 3.20. The largest absolute Gasteiger partial charge is 0.381 e. The third-order valence-electron chi connectivity index (χ3n) is 6.06. The van der Waals surface area contributed by atoms with E-state index >= 15 is 0 Å². The summed E-state index contributed by atoms with van der Waals surface area (Å²) in [5.74, 6) is 2.08. The van der Waals surface area contributed by atoms with Gasteiger partial charge in [0.05, 0.1) is 30.9 Å². The summed E-state index contributed by atoms with van der Waals surface area (Å²) in [5.41, 5.74) is 4.22. The molecule has 2 aliphatic heterocycles. The van der Waals surface area contributed by atoms with Crippen molar-refractivity contribution < 1.29 is 18.6 Å². The van der Waals surface area contributed by atoms with Gasteiger partial charge < -0.3 is 18.7 Å². The summed E-state index contributed by atoms with van der Waals surface area (Å²) in [7, 11) is 1.88. The molecule has 0 spiro atoms. The fraction of sp³-hybridized carbons (Fsp3) is 0.550. The summed E-state index contributed by atoms with van der Waals surface area (Å²) >= 11 is 0. The van der Waals surface area contributed by atoms with Crippen LogP contribution in [0.5, 0.6) is 0 Å². The molecule has 1 amide bonds. The number of carbonyl (C=O) groups is 1. The first-order valence-electron chi connectivity index (χ1n) is 10.2. The quantitative estimate of drug-likeness (QED) is 0.640. The minimum absolute atomic E-state index is 0.0278. The first kappa shape index (κ1) is 19.0. The van der Waals surface area contributed by atoms with Gasteiger partial charge in [0.25, 0.3) is 5.89 Å². The van der Waals surface area contributed by atoms with Crippen molar-refractivity contribution in [3.63, 3.8) is 0 Å². The van der Waals surface area contributed by atoms with Gasteiger partial charge in [-0.25, -0.2) is 0 Å². The van der Waals surface area contributed by atoms with Gasteiger partial charge in [-0.2, -0.15) is 10.1 Å². The maximum atomic E-state index is 12.9. The molecule has 158 valence electrons. The second-order valence-corrected chi connectivity index (χ2v) is 7.97. The zero-order chi connectivity index (χ0) is 20.8. The molecular weight excluding hydrogens is 388 g/mol. The third-order valence-corrected chi connectivity index (χ3v) is 6.06. The lowest BCUT2D eigenvalue weighted by Crippen LogP contribution is -2.28. The zero-order valence-corrected chi connectivity index (χ0v) is 17.3. The van der Waals surface area contributed by atoms with Gasteiger partial charge in [-0.05, 0) is 26.7 Å². The highest BCUT2D eigenvalue weighted by Gasteiger charge is 2.33. The van der Waals surface area contributed by atoms with Crippen LogP contribution in [0.15, 0.2) is 9.05 Å². The molecule has 0 aromatic carbocycles. The number of hydrogen-bond acceptors (Lipinski definition) is 8. The Labute approximate surface area is 173 Å². The fourth-order valence-electron chi connectivity index (χ4n) is 4.21. The van der Waals surface area contributed by atoms with Gasteiger partial charge in [0.15, 0.2) is 11.5 Å². The van der Waals surface area contributed by atoms with Crippen LogP contribution >= 0.6 is 0 Å². The number of nitrogens with zero attached hydrogens (tertiary/aromatic N) is 6. The Morgan fingerprint density at radius 3 is 2.67 bits per heavy atom. The van der Waals surface area contributed by atoms with Crippen LogP contribution < -0.4 is 0 Å². The summed E-state index contributed by atoms with van der Waals surface area (Å²) < 4.78 is 17.9. The van der Waals surface area contributed by atoms with Gasteiger partial charge in [-0.3, -0.25) is 9.48 Å². The summed E-state index contributed by atoms with van der Waals surface area (Å²) in [5, 5.41) is 12.7. The molecule has 0 atom stereocenters. The van der Waals surface area contributed by atoms with E-state index in [-0.39, 0.29) is 18.2 Å². The summed E-state index contributed by atoms with van der Waals surface area (Å²) in [6.07, 6.45) is 2.05. The molecule has 10 nitrogen and oxygen atoms in total. The number of carbonyl (C=O) groups excluding carboxylic acids is 1. The van der Waals surface area contributed by atoms with Crippen LogP contribution in [0, 0.1) is 13.8 Å². The van der Waals surface area contributed by atoms with Crippen LogP contribution in [0.2, 0.25) is 0 Å². The minimum Gasteiger partial charge on any atom is -0.381 e. The Balaban J connectivity index is 1.36. The van der Waals surface area contributed by atoms with Gasteiger partial charge in [0, 0.05) is 37.3 Å². The number of aromatic nitrogens is 5. The van der Waals surface area contributed by atoms with E-state index in [1.807, 2.05) is 25.8 Å². The van der Waals surface area contributed by atoms with Crippen molar-refractivity contribution in [3.05, 3.63) is 34.1 Å². The molecule has 0 aliphatic carbocycles. The normalized spacial score (nSPS) is 17.0. The van der Waals surface area contributed by atoms with E-state index in [4.69, 9.17) is 13.8 Å². The lowest BCUT2D eigenvalue weighted by atomic mass is 10.00. The van der Waals surface area contributed by atoms with E-state index in [1.54, 1.807) is 4.68 Å². The van der Waals surface area contributed by atoms with Crippen LogP contribution in [-0.4, -0.2) is 49.1 Å². The first-order chi connectivity index (χ1) is 14.5. The highest BCUT2D eigenvalue weighted by atomic mass is 16.5. The van der Waals surface area contributed by atoms with Gasteiger partial charge in [0.1, 0.15) is 5.76 Å². The molecule has 0 unspecified atom stereocenters. The van der Waals surface area contributed by atoms with Gasteiger partial charge in [0.2, 0.25) is 5.91 Å². The molecule has 0 bridgehead atoms. The highest BCUT2D eigenvalue weighted by molar-refractivity contribution is 5.80. The maximum absolute atomic E-state index is 12.9. The second-order valence-electron chi connectivity index (χ2n) is 7.97. The highest BCUT2D eigenvalue weighted by Crippen LogP contribution is 2.33. The van der Waals surface area contributed by atoms with E-state index < -0.39 is 0 Å². The number of ether oxygens (including phenoxy) is 1. The Morgan fingerprint density at radius 1 is 1.13 bits per heavy atom. The number of aryl methyl sites for hydroxylation is 3. The van der Waals surface area contributed by atoms with E-state index in [0.717, 1.165) is 48.6 Å². The summed E-state index contributed by atoms with van der Waals surface area (Å²) in [6.45, 7) is 6.09. The van der Waals surface area contributed by atoms with Crippen molar-refractivity contribution in [1.82, 2.24) is 30.0 Å². The minimum atomic E-state index is 0.0278. The van der Waals surface area contributed by atoms with Crippen LogP contribution in [0.1, 0.15) is 52.9 Å². The van der Waals surface area contributed by atoms with E-state index in [0.29, 0.717) is 36.3 Å². The predicted octanol–water partition coefficient (Wildman–Crippen LogP) is 2.05. The van der Waals surface area contributed by atoms with Gasteiger partial charge >= 0.3 is 0 Å². The van der Waals surface area contributed by atoms with Crippen LogP contribution in [0.25, 0.3) is 11.6 Å². The topological polar surface area (TPSA) is 112 Å². The molecule has 3 aromatic rings. The molecule has 0 radical (unpaired) electrons. The average Bonchev–Trinajstić information content (AvgIpc) is 3.51. The summed E-state index contributed by atoms with van der Waals surface area (Å²) in [6, 6.07) is 0. The van der Waals surface area contributed by atoms with Crippen molar-refractivity contribution in [2.45, 2.75) is 52.1 Å². The predicted molar refractivity (Wildman–Crippen MR) is 103 cm³/mol. The molecule has 5 rings (SSSR count). The molecule has 0 N–H and O–H groups in total. The Bertz CT molecular complexity index is 1070. The lowest BCUT2D eigenvalue weighted by Gasteiger charge is -2.18. The maximum Gasteiger partial charge on any atom is 0.278 e.